The van der Waals surface area contributed by atoms with E-state index in [1.54, 1.807) is 32.2 Å². The molecule has 114 valence electrons. The fraction of sp³-hybridized carbons (Fsp3) is 0.615. The molecule has 0 aliphatic heterocycles. The topological polar surface area (TPSA) is 78.8 Å². The number of carbonyl (C=O) groups is 1. The minimum atomic E-state index is -0.979. The molecule has 3 N–H and O–H groups in total. The Morgan fingerprint density at radius 1 is 1.50 bits per heavy atom. The lowest BCUT2D eigenvalue weighted by molar-refractivity contribution is 0.0175. The molecule has 0 saturated carbocycles. The Hall–Kier alpha value is -0.760. The zero-order chi connectivity index (χ0) is 15.3. The smallest absolute Gasteiger partial charge is 0.412 e. The third-order valence-electron chi connectivity index (χ3n) is 2.37. The van der Waals surface area contributed by atoms with E-state index in [1.807, 2.05) is 0 Å². The molecule has 0 saturated heterocycles. The lowest BCUT2D eigenvalue weighted by atomic mass is 10.1. The molecule has 1 aromatic rings. The Labute approximate surface area is 128 Å². The summed E-state index contributed by atoms with van der Waals surface area (Å²) in [4.78, 5) is 11.6. The maximum Gasteiger partial charge on any atom is 0.412 e. The number of hydrogen-bond donors (Lipinski definition) is 4. The van der Waals surface area contributed by atoms with E-state index in [0.717, 1.165) is 0 Å². The number of ether oxygens (including phenoxy) is 1. The second-order valence-corrected chi connectivity index (χ2v) is 6.75. The third-order valence-corrected chi connectivity index (χ3v) is 3.50. The van der Waals surface area contributed by atoms with Crippen molar-refractivity contribution < 1.29 is 19.7 Å². The largest absolute Gasteiger partial charge is 0.444 e. The van der Waals surface area contributed by atoms with Crippen LogP contribution in [-0.2, 0) is 4.74 Å². The van der Waals surface area contributed by atoms with Crippen LogP contribution in [0.5, 0.6) is 0 Å². The van der Waals surface area contributed by atoms with Crippen molar-refractivity contribution >= 4 is 35.1 Å². The van der Waals surface area contributed by atoms with Crippen molar-refractivity contribution in [3.05, 3.63) is 17.0 Å². The molecule has 0 bridgehead atoms. The highest BCUT2D eigenvalue weighted by atomic mass is 32.1. The number of anilines is 1. The minimum absolute atomic E-state index is 0.398. The molecule has 0 aromatic carbocycles. The summed E-state index contributed by atoms with van der Waals surface area (Å²) in [5.41, 5.74) is 0.00209. The van der Waals surface area contributed by atoms with Crippen molar-refractivity contribution in [3.63, 3.8) is 0 Å². The standard InChI is InChI=1S/C13H21NO4S2/c1-13(2,3)18-12(17)14-10-6-8(7-20-10)11(16)9(15)4-5-19/h6-7,9,11,15-16,19H,4-5H2,1-3H3,(H,14,17). The highest BCUT2D eigenvalue weighted by Crippen LogP contribution is 2.28. The van der Waals surface area contributed by atoms with Crippen molar-refractivity contribution in [2.45, 2.75) is 45.0 Å². The molecular weight excluding hydrogens is 298 g/mol. The van der Waals surface area contributed by atoms with Crippen LogP contribution in [0.25, 0.3) is 0 Å². The fourth-order valence-corrected chi connectivity index (χ4v) is 2.57. The number of hydrogen-bond acceptors (Lipinski definition) is 6. The lowest BCUT2D eigenvalue weighted by Crippen LogP contribution is -2.27. The molecule has 5 nitrogen and oxygen atoms in total. The summed E-state index contributed by atoms with van der Waals surface area (Å²) in [5.74, 6) is 0.491. The molecule has 1 heterocycles. The van der Waals surface area contributed by atoms with Crippen molar-refractivity contribution in [2.24, 2.45) is 0 Å². The summed E-state index contributed by atoms with van der Waals surface area (Å²) in [5, 5.41) is 24.5. The van der Waals surface area contributed by atoms with E-state index in [0.29, 0.717) is 22.7 Å². The van der Waals surface area contributed by atoms with Crippen molar-refractivity contribution in [2.75, 3.05) is 11.1 Å². The highest BCUT2D eigenvalue weighted by Gasteiger charge is 2.20. The van der Waals surface area contributed by atoms with Crippen molar-refractivity contribution in [1.29, 1.82) is 0 Å². The molecule has 0 fully saturated rings. The van der Waals surface area contributed by atoms with Gasteiger partial charge in [-0.1, -0.05) is 0 Å². The van der Waals surface area contributed by atoms with Gasteiger partial charge in [0, 0.05) is 0 Å². The summed E-state index contributed by atoms with van der Waals surface area (Å²) in [6.07, 6.45) is -1.99. The van der Waals surface area contributed by atoms with Gasteiger partial charge in [0.1, 0.15) is 11.7 Å². The van der Waals surface area contributed by atoms with Crippen LogP contribution < -0.4 is 5.32 Å². The van der Waals surface area contributed by atoms with Gasteiger partial charge in [-0.15, -0.1) is 11.3 Å². The van der Waals surface area contributed by atoms with Gasteiger partial charge in [0.05, 0.1) is 11.1 Å². The minimum Gasteiger partial charge on any atom is -0.444 e. The molecular formula is C13H21NO4S2. The Morgan fingerprint density at radius 2 is 2.15 bits per heavy atom. The zero-order valence-electron chi connectivity index (χ0n) is 11.8. The van der Waals surface area contributed by atoms with E-state index < -0.39 is 23.9 Å². The number of thiophene rings is 1. The number of amides is 1. The van der Waals surface area contributed by atoms with Crippen LogP contribution in [0.2, 0.25) is 0 Å². The second kappa shape index (κ2) is 7.31. The first kappa shape index (κ1) is 17.3. The first-order valence-corrected chi connectivity index (χ1v) is 7.79. The molecule has 2 atom stereocenters. The zero-order valence-corrected chi connectivity index (χ0v) is 13.5. The van der Waals surface area contributed by atoms with E-state index in [1.165, 1.54) is 11.3 Å². The Morgan fingerprint density at radius 3 is 2.70 bits per heavy atom. The van der Waals surface area contributed by atoms with Gasteiger partial charge < -0.3 is 14.9 Å². The van der Waals surface area contributed by atoms with E-state index in [2.05, 4.69) is 17.9 Å². The Balaban J connectivity index is 2.61. The molecule has 0 aliphatic carbocycles. The molecule has 1 aromatic heterocycles. The first-order chi connectivity index (χ1) is 9.23. The average molecular weight is 319 g/mol. The predicted octanol–water partition coefficient (Wildman–Crippen LogP) is 2.81. The molecule has 0 aliphatic rings. The average Bonchev–Trinajstić information content (AvgIpc) is 2.74. The van der Waals surface area contributed by atoms with Gasteiger partial charge in [-0.05, 0) is 50.0 Å². The summed E-state index contributed by atoms with van der Waals surface area (Å²) >= 11 is 5.28. The molecule has 7 heteroatoms. The number of nitrogens with one attached hydrogen (secondary N) is 1. The van der Waals surface area contributed by atoms with Gasteiger partial charge >= 0.3 is 6.09 Å². The Kier molecular flexibility index (Phi) is 6.32. The SMILES string of the molecule is CC(C)(C)OC(=O)Nc1cc(C(O)C(O)CCS)cs1. The molecule has 0 spiro atoms. The first-order valence-electron chi connectivity index (χ1n) is 6.28. The van der Waals surface area contributed by atoms with E-state index in [4.69, 9.17) is 4.74 Å². The summed E-state index contributed by atoms with van der Waals surface area (Å²) in [7, 11) is 0. The van der Waals surface area contributed by atoms with Crippen LogP contribution in [0, 0.1) is 0 Å². The van der Waals surface area contributed by atoms with E-state index in [-0.39, 0.29) is 0 Å². The monoisotopic (exact) mass is 319 g/mol. The summed E-state index contributed by atoms with van der Waals surface area (Å²) in [6, 6.07) is 1.63. The van der Waals surface area contributed by atoms with Crippen LogP contribution in [0.4, 0.5) is 9.80 Å². The lowest BCUT2D eigenvalue weighted by Gasteiger charge is -2.19. The van der Waals surface area contributed by atoms with E-state index >= 15 is 0 Å². The molecule has 1 rings (SSSR count). The third kappa shape index (κ3) is 5.70. The predicted molar refractivity (Wildman–Crippen MR) is 83.6 cm³/mol. The molecule has 1 amide bonds. The van der Waals surface area contributed by atoms with Crippen LogP contribution in [0.1, 0.15) is 38.9 Å². The Bertz CT molecular complexity index is 442. The van der Waals surface area contributed by atoms with Gasteiger partial charge in [-0.25, -0.2) is 4.79 Å². The van der Waals surface area contributed by atoms with Gasteiger partial charge in [0.2, 0.25) is 0 Å². The van der Waals surface area contributed by atoms with Crippen LogP contribution in [-0.4, -0.2) is 33.8 Å². The van der Waals surface area contributed by atoms with Gasteiger partial charge in [0.25, 0.3) is 0 Å². The number of rotatable bonds is 5. The molecule has 0 radical (unpaired) electrons. The number of aliphatic hydroxyl groups excluding tert-OH is 2. The maximum atomic E-state index is 11.6. The van der Waals surface area contributed by atoms with Gasteiger partial charge in [-0.2, -0.15) is 12.6 Å². The van der Waals surface area contributed by atoms with Gasteiger partial charge in [0.15, 0.2) is 0 Å². The molecule has 20 heavy (non-hydrogen) atoms. The van der Waals surface area contributed by atoms with Crippen LogP contribution in [0.3, 0.4) is 0 Å². The maximum absolute atomic E-state index is 11.6. The van der Waals surface area contributed by atoms with E-state index in [9.17, 15) is 15.0 Å². The quantitative estimate of drug-likeness (QED) is 0.629. The van der Waals surface area contributed by atoms with Crippen molar-refractivity contribution in [1.82, 2.24) is 0 Å². The fourth-order valence-electron chi connectivity index (χ4n) is 1.49. The second-order valence-electron chi connectivity index (χ2n) is 5.40. The number of thiol groups is 1. The number of carbonyl (C=O) groups excluding carboxylic acids is 1. The van der Waals surface area contributed by atoms with Crippen LogP contribution in [0.15, 0.2) is 11.4 Å². The summed E-state index contributed by atoms with van der Waals surface area (Å²) in [6.45, 7) is 5.35. The van der Waals surface area contributed by atoms with Gasteiger partial charge in [-0.3, -0.25) is 5.32 Å². The number of aliphatic hydroxyl groups is 2. The van der Waals surface area contributed by atoms with Crippen molar-refractivity contribution in [3.8, 4) is 0 Å². The molecule has 2 unspecified atom stereocenters. The highest BCUT2D eigenvalue weighted by molar-refractivity contribution is 7.80. The van der Waals surface area contributed by atoms with Crippen LogP contribution >= 0.6 is 24.0 Å². The normalized spacial score (nSPS) is 14.7. The summed E-state index contributed by atoms with van der Waals surface area (Å²) < 4.78 is 5.13.